The number of rotatable bonds is 9. The lowest BCUT2D eigenvalue weighted by molar-refractivity contribution is 0.0957. The van der Waals surface area contributed by atoms with Crippen molar-refractivity contribution in [2.75, 3.05) is 27.9 Å². The van der Waals surface area contributed by atoms with Gasteiger partial charge < -0.3 is 19.5 Å². The molecule has 3 rings (SSSR count). The Labute approximate surface area is 185 Å². The first-order valence-electron chi connectivity index (χ1n) is 9.73. The average Bonchev–Trinajstić information content (AvgIpc) is 3.15. The molecule has 0 saturated heterocycles. The molecule has 1 N–H and O–H groups in total. The zero-order valence-electron chi connectivity index (χ0n) is 18.0. The molecule has 0 aliphatic heterocycles. The van der Waals surface area contributed by atoms with Crippen molar-refractivity contribution in [1.29, 1.82) is 0 Å². The summed E-state index contributed by atoms with van der Waals surface area (Å²) in [6.45, 7) is 2.22. The van der Waals surface area contributed by atoms with Crippen LogP contribution in [0.5, 0.6) is 17.2 Å². The fourth-order valence-corrected chi connectivity index (χ4v) is 4.24. The van der Waals surface area contributed by atoms with Crippen molar-refractivity contribution >= 4 is 17.2 Å². The van der Waals surface area contributed by atoms with Gasteiger partial charge in [-0.3, -0.25) is 4.79 Å². The molecule has 8 heteroatoms. The smallest absolute Gasteiger partial charge is 0.263 e. The zero-order valence-corrected chi connectivity index (χ0v) is 18.8. The molecule has 6 nitrogen and oxygen atoms in total. The van der Waals surface area contributed by atoms with Crippen LogP contribution in [0, 0.1) is 12.7 Å². The van der Waals surface area contributed by atoms with E-state index >= 15 is 0 Å². The number of carbonyl (C=O) groups is 1. The Hall–Kier alpha value is -3.13. The van der Waals surface area contributed by atoms with Gasteiger partial charge in [0.1, 0.15) is 27.9 Å². The van der Waals surface area contributed by atoms with Gasteiger partial charge in [0.05, 0.1) is 32.0 Å². The molecule has 0 aliphatic carbocycles. The number of nitrogens with zero attached hydrogens (tertiary/aromatic N) is 1. The van der Waals surface area contributed by atoms with Gasteiger partial charge in [-0.1, -0.05) is 12.1 Å². The fourth-order valence-electron chi connectivity index (χ4n) is 3.22. The van der Waals surface area contributed by atoms with Crippen molar-refractivity contribution in [1.82, 2.24) is 10.3 Å². The largest absolute Gasteiger partial charge is 0.496 e. The van der Waals surface area contributed by atoms with Gasteiger partial charge in [0.2, 0.25) is 0 Å². The van der Waals surface area contributed by atoms with E-state index < -0.39 is 0 Å². The van der Waals surface area contributed by atoms with Crippen LogP contribution in [0.15, 0.2) is 36.4 Å². The third-order valence-corrected chi connectivity index (χ3v) is 5.95. The van der Waals surface area contributed by atoms with Gasteiger partial charge in [-0.15, -0.1) is 11.3 Å². The highest BCUT2D eigenvalue weighted by molar-refractivity contribution is 7.13. The quantitative estimate of drug-likeness (QED) is 0.536. The van der Waals surface area contributed by atoms with Crippen molar-refractivity contribution < 1.29 is 23.4 Å². The summed E-state index contributed by atoms with van der Waals surface area (Å²) in [5.41, 5.74) is 2.48. The van der Waals surface area contributed by atoms with E-state index in [0.717, 1.165) is 16.1 Å². The fraction of sp³-hybridized carbons (Fsp3) is 0.304. The van der Waals surface area contributed by atoms with Gasteiger partial charge in [-0.2, -0.15) is 0 Å². The molecule has 164 valence electrons. The lowest BCUT2D eigenvalue weighted by atomic mass is 10.1. The summed E-state index contributed by atoms with van der Waals surface area (Å²) in [6.07, 6.45) is 1.09. The number of nitrogens with one attached hydrogen (secondary N) is 1. The Morgan fingerprint density at radius 2 is 1.71 bits per heavy atom. The van der Waals surface area contributed by atoms with Gasteiger partial charge in [0.15, 0.2) is 0 Å². The van der Waals surface area contributed by atoms with Gasteiger partial charge in [-0.05, 0) is 31.0 Å². The molecule has 1 heterocycles. The first-order valence-corrected chi connectivity index (χ1v) is 10.5. The maximum atomic E-state index is 13.1. The Kier molecular flexibility index (Phi) is 7.46. The predicted octanol–water partition coefficient (Wildman–Crippen LogP) is 4.18. The minimum atomic E-state index is -0.274. The predicted molar refractivity (Wildman–Crippen MR) is 118 cm³/mol. The van der Waals surface area contributed by atoms with Crippen LogP contribution >= 0.6 is 11.3 Å². The Morgan fingerprint density at radius 3 is 2.29 bits per heavy atom. The van der Waals surface area contributed by atoms with E-state index in [1.807, 2.05) is 6.92 Å². The number of hydrogen-bond donors (Lipinski definition) is 1. The molecule has 31 heavy (non-hydrogen) atoms. The van der Waals surface area contributed by atoms with Crippen LogP contribution in [0.25, 0.3) is 0 Å². The van der Waals surface area contributed by atoms with E-state index in [0.29, 0.717) is 47.2 Å². The minimum absolute atomic E-state index is 0.174. The summed E-state index contributed by atoms with van der Waals surface area (Å²) in [7, 11) is 4.75. The number of thiazole rings is 1. The molecule has 1 aromatic heterocycles. The third-order valence-electron chi connectivity index (χ3n) is 4.79. The topological polar surface area (TPSA) is 69.7 Å². The normalized spacial score (nSPS) is 10.6. The lowest BCUT2D eigenvalue weighted by Gasteiger charge is -2.15. The molecule has 1 amide bonds. The molecule has 0 saturated carbocycles. The van der Waals surface area contributed by atoms with E-state index in [1.54, 1.807) is 45.6 Å². The van der Waals surface area contributed by atoms with E-state index in [-0.39, 0.29) is 11.7 Å². The highest BCUT2D eigenvalue weighted by atomic mass is 32.1. The first kappa shape index (κ1) is 22.6. The number of aromatic nitrogens is 1. The van der Waals surface area contributed by atoms with Crippen molar-refractivity contribution in [2.24, 2.45) is 0 Å². The van der Waals surface area contributed by atoms with Crippen LogP contribution in [0.1, 0.15) is 31.5 Å². The van der Waals surface area contributed by atoms with Gasteiger partial charge in [0, 0.05) is 30.7 Å². The minimum Gasteiger partial charge on any atom is -0.496 e. The number of aryl methyl sites for hydroxylation is 1. The van der Waals surface area contributed by atoms with Crippen molar-refractivity contribution in [2.45, 2.75) is 19.8 Å². The highest BCUT2D eigenvalue weighted by Gasteiger charge is 2.17. The molecule has 0 bridgehead atoms. The standard InChI is InChI=1S/C23H25FN2O4S/c1-14-22(31-21(26-14)11-15-5-7-16(24)8-6-15)23(27)25-10-9-18-19(29-3)12-17(28-2)13-20(18)30-4/h5-8,12-13H,9-11H2,1-4H3,(H,25,27). The van der Waals surface area contributed by atoms with Crippen LogP contribution in [0.4, 0.5) is 4.39 Å². The number of amides is 1. The van der Waals surface area contributed by atoms with Gasteiger partial charge in [0.25, 0.3) is 5.91 Å². The second-order valence-corrected chi connectivity index (χ2v) is 7.93. The second-order valence-electron chi connectivity index (χ2n) is 6.84. The molecular formula is C23H25FN2O4S. The average molecular weight is 445 g/mol. The van der Waals surface area contributed by atoms with Crippen LogP contribution in [-0.2, 0) is 12.8 Å². The van der Waals surface area contributed by atoms with Crippen LogP contribution in [0.3, 0.4) is 0 Å². The summed E-state index contributed by atoms with van der Waals surface area (Å²) >= 11 is 1.35. The second kappa shape index (κ2) is 10.3. The van der Waals surface area contributed by atoms with Crippen LogP contribution in [0.2, 0.25) is 0 Å². The van der Waals surface area contributed by atoms with Crippen molar-refractivity contribution in [3.63, 3.8) is 0 Å². The monoisotopic (exact) mass is 444 g/mol. The Bertz CT molecular complexity index is 1030. The molecule has 0 aliphatic rings. The number of methoxy groups -OCH3 is 3. The van der Waals surface area contributed by atoms with E-state index in [4.69, 9.17) is 14.2 Å². The molecular weight excluding hydrogens is 419 g/mol. The van der Waals surface area contributed by atoms with E-state index in [1.165, 1.54) is 23.5 Å². The number of benzene rings is 2. The summed E-state index contributed by atoms with van der Waals surface area (Å²) in [6, 6.07) is 9.86. The molecule has 0 unspecified atom stereocenters. The van der Waals surface area contributed by atoms with E-state index in [2.05, 4.69) is 10.3 Å². The summed E-state index contributed by atoms with van der Waals surface area (Å²) < 4.78 is 29.3. The maximum Gasteiger partial charge on any atom is 0.263 e. The zero-order chi connectivity index (χ0) is 22.4. The van der Waals surface area contributed by atoms with E-state index in [9.17, 15) is 9.18 Å². The third kappa shape index (κ3) is 5.52. The number of ether oxygens (including phenoxy) is 3. The van der Waals surface area contributed by atoms with Gasteiger partial charge in [-0.25, -0.2) is 9.37 Å². The molecule has 2 aromatic carbocycles. The highest BCUT2D eigenvalue weighted by Crippen LogP contribution is 2.34. The molecule has 3 aromatic rings. The Morgan fingerprint density at radius 1 is 1.06 bits per heavy atom. The van der Waals surface area contributed by atoms with Gasteiger partial charge >= 0.3 is 0 Å². The molecule has 0 fully saturated rings. The summed E-state index contributed by atoms with van der Waals surface area (Å²) in [4.78, 5) is 17.8. The van der Waals surface area contributed by atoms with Crippen LogP contribution in [-0.4, -0.2) is 38.8 Å². The lowest BCUT2D eigenvalue weighted by Crippen LogP contribution is -2.25. The first-order chi connectivity index (χ1) is 14.9. The number of halogens is 1. The SMILES string of the molecule is COc1cc(OC)c(CCNC(=O)c2sc(Cc3ccc(F)cc3)nc2C)c(OC)c1. The maximum absolute atomic E-state index is 13.1. The summed E-state index contributed by atoms with van der Waals surface area (Å²) in [5.74, 6) is 1.47. The van der Waals surface area contributed by atoms with Crippen molar-refractivity contribution in [3.05, 3.63) is 68.9 Å². The van der Waals surface area contributed by atoms with Crippen molar-refractivity contribution in [3.8, 4) is 17.2 Å². The molecule has 0 atom stereocenters. The molecule has 0 radical (unpaired) electrons. The number of carbonyl (C=O) groups excluding carboxylic acids is 1. The number of hydrogen-bond acceptors (Lipinski definition) is 6. The Balaban J connectivity index is 1.65. The molecule has 0 spiro atoms. The van der Waals surface area contributed by atoms with Crippen LogP contribution < -0.4 is 19.5 Å². The summed E-state index contributed by atoms with van der Waals surface area (Å²) in [5, 5.41) is 3.76.